The van der Waals surface area contributed by atoms with Gasteiger partial charge in [-0.1, -0.05) is 17.4 Å². The zero-order valence-corrected chi connectivity index (χ0v) is 12.0. The summed E-state index contributed by atoms with van der Waals surface area (Å²) in [7, 11) is 0. The molecule has 1 N–H and O–H groups in total. The van der Waals surface area contributed by atoms with Gasteiger partial charge >= 0.3 is 0 Å². The Morgan fingerprint density at radius 1 is 1.11 bits per heavy atom. The maximum absolute atomic E-state index is 4.32. The lowest BCUT2D eigenvalue weighted by Crippen LogP contribution is -1.99. The van der Waals surface area contributed by atoms with Crippen LogP contribution in [0, 0.1) is 13.8 Å². The first-order chi connectivity index (χ1) is 9.20. The van der Waals surface area contributed by atoms with Crippen molar-refractivity contribution in [3.05, 3.63) is 35.0 Å². The van der Waals surface area contributed by atoms with Gasteiger partial charge in [0.1, 0.15) is 0 Å². The number of anilines is 2. The summed E-state index contributed by atoms with van der Waals surface area (Å²) in [5.41, 5.74) is 1.86. The fraction of sp³-hybridized carbons (Fsp3) is 0.167. The number of nitrogens with one attached hydrogen (secondary N) is 1. The van der Waals surface area contributed by atoms with Crippen molar-refractivity contribution in [3.8, 4) is 9.88 Å². The summed E-state index contributed by atoms with van der Waals surface area (Å²) in [5.74, 6) is 0.561. The van der Waals surface area contributed by atoms with E-state index in [4.69, 9.17) is 0 Å². The SMILES string of the molecule is Cc1cc(C)nc(Nc2nnc(-c3cccs3)s2)n1. The summed E-state index contributed by atoms with van der Waals surface area (Å²) < 4.78 is 0. The summed E-state index contributed by atoms with van der Waals surface area (Å²) in [5, 5.41) is 15.0. The lowest BCUT2D eigenvalue weighted by molar-refractivity contribution is 1.04. The van der Waals surface area contributed by atoms with Crippen molar-refractivity contribution in [1.82, 2.24) is 20.2 Å². The zero-order chi connectivity index (χ0) is 13.2. The molecule has 0 fully saturated rings. The highest BCUT2D eigenvalue weighted by Crippen LogP contribution is 2.30. The van der Waals surface area contributed by atoms with Gasteiger partial charge in [0, 0.05) is 11.4 Å². The van der Waals surface area contributed by atoms with Crippen LogP contribution in [0.25, 0.3) is 9.88 Å². The Labute approximate surface area is 118 Å². The number of hydrogen-bond acceptors (Lipinski definition) is 7. The molecular formula is C12H11N5S2. The molecule has 0 saturated carbocycles. The van der Waals surface area contributed by atoms with Gasteiger partial charge in [-0.15, -0.1) is 21.5 Å². The normalized spacial score (nSPS) is 10.6. The van der Waals surface area contributed by atoms with E-state index in [9.17, 15) is 0 Å². The first-order valence-corrected chi connectivity index (χ1v) is 7.37. The number of hydrogen-bond donors (Lipinski definition) is 1. The molecule has 0 unspecified atom stereocenters. The minimum absolute atomic E-state index is 0.561. The average Bonchev–Trinajstić information content (AvgIpc) is 2.96. The van der Waals surface area contributed by atoms with Crippen LogP contribution >= 0.6 is 22.7 Å². The van der Waals surface area contributed by atoms with Crippen LogP contribution < -0.4 is 5.32 Å². The third-order valence-corrected chi connectivity index (χ3v) is 4.24. The van der Waals surface area contributed by atoms with E-state index in [1.54, 1.807) is 11.3 Å². The number of rotatable bonds is 3. The van der Waals surface area contributed by atoms with Crippen molar-refractivity contribution in [1.29, 1.82) is 0 Å². The highest BCUT2D eigenvalue weighted by molar-refractivity contribution is 7.22. The molecule has 5 nitrogen and oxygen atoms in total. The molecule has 0 aromatic carbocycles. The van der Waals surface area contributed by atoms with Crippen LogP contribution in [0.5, 0.6) is 0 Å². The Bertz CT molecular complexity index is 670. The van der Waals surface area contributed by atoms with E-state index in [-0.39, 0.29) is 0 Å². The molecule has 3 heterocycles. The molecule has 0 aliphatic heterocycles. The van der Waals surface area contributed by atoms with Gasteiger partial charge in [0.25, 0.3) is 0 Å². The van der Waals surface area contributed by atoms with E-state index < -0.39 is 0 Å². The van der Waals surface area contributed by atoms with Crippen molar-refractivity contribution in [2.75, 3.05) is 5.32 Å². The van der Waals surface area contributed by atoms with Gasteiger partial charge in [-0.25, -0.2) is 9.97 Å². The highest BCUT2D eigenvalue weighted by atomic mass is 32.1. The monoisotopic (exact) mass is 289 g/mol. The highest BCUT2D eigenvalue weighted by Gasteiger charge is 2.09. The molecule has 96 valence electrons. The fourth-order valence-corrected chi connectivity index (χ4v) is 3.18. The van der Waals surface area contributed by atoms with Gasteiger partial charge in [-0.2, -0.15) is 0 Å². The lowest BCUT2D eigenvalue weighted by atomic mass is 10.4. The first kappa shape index (κ1) is 12.2. The molecule has 7 heteroatoms. The van der Waals surface area contributed by atoms with Gasteiger partial charge in [-0.05, 0) is 31.4 Å². The fourth-order valence-electron chi connectivity index (χ4n) is 1.65. The van der Waals surface area contributed by atoms with Crippen LogP contribution in [-0.2, 0) is 0 Å². The molecule has 19 heavy (non-hydrogen) atoms. The maximum atomic E-state index is 4.32. The number of aryl methyl sites for hydroxylation is 2. The molecule has 3 rings (SSSR count). The molecule has 0 bridgehead atoms. The Morgan fingerprint density at radius 2 is 1.89 bits per heavy atom. The van der Waals surface area contributed by atoms with Crippen LogP contribution in [-0.4, -0.2) is 20.2 Å². The summed E-state index contributed by atoms with van der Waals surface area (Å²) in [6.07, 6.45) is 0. The van der Waals surface area contributed by atoms with Crippen LogP contribution in [0.4, 0.5) is 11.1 Å². The molecule has 0 aliphatic rings. The number of aromatic nitrogens is 4. The van der Waals surface area contributed by atoms with Crippen LogP contribution in [0.3, 0.4) is 0 Å². The third kappa shape index (κ3) is 2.77. The standard InChI is InChI=1S/C12H11N5S2/c1-7-6-8(2)14-11(13-7)15-12-17-16-10(19-12)9-4-3-5-18-9/h3-6H,1-2H3,(H,13,14,15,17). The first-order valence-electron chi connectivity index (χ1n) is 5.67. The second-order valence-corrected chi connectivity index (χ2v) is 5.91. The molecule has 0 atom stereocenters. The van der Waals surface area contributed by atoms with Crippen molar-refractivity contribution >= 4 is 33.8 Å². The van der Waals surface area contributed by atoms with Crippen molar-refractivity contribution < 1.29 is 0 Å². The molecule has 0 amide bonds. The Hall–Kier alpha value is -1.86. The molecule has 0 spiro atoms. The van der Waals surface area contributed by atoms with Crippen molar-refractivity contribution in [2.24, 2.45) is 0 Å². The second-order valence-electron chi connectivity index (χ2n) is 3.99. The second kappa shape index (κ2) is 5.02. The minimum Gasteiger partial charge on any atom is -0.299 e. The van der Waals surface area contributed by atoms with E-state index in [2.05, 4.69) is 25.5 Å². The van der Waals surface area contributed by atoms with E-state index in [0.29, 0.717) is 11.1 Å². The summed E-state index contributed by atoms with van der Waals surface area (Å²) >= 11 is 3.14. The van der Waals surface area contributed by atoms with Gasteiger partial charge in [0.05, 0.1) is 4.88 Å². The average molecular weight is 289 g/mol. The van der Waals surface area contributed by atoms with Crippen molar-refractivity contribution in [2.45, 2.75) is 13.8 Å². The Balaban J connectivity index is 1.84. The summed E-state index contributed by atoms with van der Waals surface area (Å²) in [4.78, 5) is 9.76. The Morgan fingerprint density at radius 3 is 2.58 bits per heavy atom. The predicted molar refractivity (Wildman–Crippen MR) is 78.0 cm³/mol. The molecule has 3 aromatic rings. The van der Waals surface area contributed by atoms with Gasteiger partial charge < -0.3 is 0 Å². The van der Waals surface area contributed by atoms with Gasteiger partial charge in [-0.3, -0.25) is 5.32 Å². The van der Waals surface area contributed by atoms with Crippen LogP contribution in [0.2, 0.25) is 0 Å². The van der Waals surface area contributed by atoms with E-state index in [0.717, 1.165) is 21.3 Å². The number of thiophene rings is 1. The van der Waals surface area contributed by atoms with Crippen molar-refractivity contribution in [3.63, 3.8) is 0 Å². The predicted octanol–water partition coefficient (Wildman–Crippen LogP) is 3.42. The third-order valence-electron chi connectivity index (χ3n) is 2.36. The number of nitrogens with zero attached hydrogens (tertiary/aromatic N) is 4. The zero-order valence-electron chi connectivity index (χ0n) is 10.4. The molecule has 0 aliphatic carbocycles. The topological polar surface area (TPSA) is 63.6 Å². The summed E-state index contributed by atoms with van der Waals surface area (Å²) in [6, 6.07) is 5.96. The largest absolute Gasteiger partial charge is 0.299 e. The van der Waals surface area contributed by atoms with E-state index in [1.807, 2.05) is 37.4 Å². The smallest absolute Gasteiger partial charge is 0.229 e. The quantitative estimate of drug-likeness (QED) is 0.800. The molecule has 0 saturated heterocycles. The van der Waals surface area contributed by atoms with Gasteiger partial charge in [0.15, 0.2) is 5.01 Å². The van der Waals surface area contributed by atoms with E-state index in [1.165, 1.54) is 11.3 Å². The molecule has 3 aromatic heterocycles. The van der Waals surface area contributed by atoms with Crippen LogP contribution in [0.1, 0.15) is 11.4 Å². The lowest BCUT2D eigenvalue weighted by Gasteiger charge is -2.02. The summed E-state index contributed by atoms with van der Waals surface area (Å²) in [6.45, 7) is 3.88. The van der Waals surface area contributed by atoms with Crippen LogP contribution in [0.15, 0.2) is 23.6 Å². The molecular weight excluding hydrogens is 278 g/mol. The Kier molecular flexibility index (Phi) is 3.22. The molecule has 0 radical (unpaired) electrons. The van der Waals surface area contributed by atoms with E-state index >= 15 is 0 Å². The van der Waals surface area contributed by atoms with Gasteiger partial charge in [0.2, 0.25) is 11.1 Å². The maximum Gasteiger partial charge on any atom is 0.229 e. The minimum atomic E-state index is 0.561.